The number of nitrogens with one attached hydrogen (secondary N) is 1. The van der Waals surface area contributed by atoms with Gasteiger partial charge in [0.2, 0.25) is 0 Å². The molecule has 6 nitrogen and oxygen atoms in total. The summed E-state index contributed by atoms with van der Waals surface area (Å²) in [6, 6.07) is 22.5. The minimum absolute atomic E-state index is 0.147. The first-order chi connectivity index (χ1) is 16.0. The van der Waals surface area contributed by atoms with E-state index in [1.165, 1.54) is 7.11 Å². The van der Waals surface area contributed by atoms with Crippen molar-refractivity contribution in [2.75, 3.05) is 12.0 Å². The van der Waals surface area contributed by atoms with Crippen molar-refractivity contribution < 1.29 is 14.3 Å². The second-order valence-electron chi connectivity index (χ2n) is 7.89. The lowest BCUT2D eigenvalue weighted by Gasteiger charge is -2.26. The Bertz CT molecular complexity index is 1340. The van der Waals surface area contributed by atoms with Gasteiger partial charge in [-0.1, -0.05) is 57.9 Å². The molecule has 0 saturated heterocycles. The summed E-state index contributed by atoms with van der Waals surface area (Å²) in [4.78, 5) is 27.3. The van der Waals surface area contributed by atoms with Gasteiger partial charge >= 0.3 is 5.97 Å². The van der Waals surface area contributed by atoms with Crippen molar-refractivity contribution in [3.05, 3.63) is 105 Å². The van der Waals surface area contributed by atoms with Crippen LogP contribution in [-0.2, 0) is 4.74 Å². The number of H-pyrrole nitrogens is 1. The number of hydrogen-bond acceptors (Lipinski definition) is 4. The number of carbonyl (C=O) groups is 2. The third kappa shape index (κ3) is 3.64. The third-order valence-corrected chi connectivity index (χ3v) is 6.37. The lowest BCUT2D eigenvalue weighted by atomic mass is 9.95. The number of aromatic nitrogens is 2. The number of rotatable bonds is 4. The number of carbonyl (C=O) groups excluding carboxylic acids is 2. The first kappa shape index (κ1) is 21.2. The van der Waals surface area contributed by atoms with Crippen molar-refractivity contribution in [3.63, 3.8) is 0 Å². The Morgan fingerprint density at radius 3 is 2.30 bits per heavy atom. The number of esters is 1. The quantitative estimate of drug-likeness (QED) is 0.364. The maximum Gasteiger partial charge on any atom is 0.337 e. The van der Waals surface area contributed by atoms with Crippen LogP contribution >= 0.6 is 15.9 Å². The highest BCUT2D eigenvalue weighted by Gasteiger charge is 2.43. The summed E-state index contributed by atoms with van der Waals surface area (Å²) in [7, 11) is 1.35. The van der Waals surface area contributed by atoms with Crippen LogP contribution in [0.15, 0.2) is 77.3 Å². The van der Waals surface area contributed by atoms with Gasteiger partial charge < -0.3 is 4.74 Å². The molecule has 1 N–H and O–H groups in total. The van der Waals surface area contributed by atoms with Crippen LogP contribution in [0.1, 0.15) is 43.6 Å². The highest BCUT2D eigenvalue weighted by molar-refractivity contribution is 9.10. The standard InChI is InChI=1S/C26H20BrN3O3/c1-15-3-13-20(14-4-15)30-24(17-5-7-18(8-6-17)26(32)33-2)21-22(28-29-23(21)25(30)31)16-9-11-19(27)12-10-16/h3-14,24H,1-2H3,(H,28,29). The van der Waals surface area contributed by atoms with Crippen LogP contribution < -0.4 is 4.90 Å². The van der Waals surface area contributed by atoms with E-state index in [-0.39, 0.29) is 5.91 Å². The Kier molecular flexibility index (Phi) is 5.34. The topological polar surface area (TPSA) is 75.3 Å². The molecule has 5 rings (SSSR count). The highest BCUT2D eigenvalue weighted by Crippen LogP contribution is 2.45. The molecule has 0 spiro atoms. The molecular formula is C26H20BrN3O3. The zero-order valence-corrected chi connectivity index (χ0v) is 19.6. The van der Waals surface area contributed by atoms with Gasteiger partial charge in [-0.2, -0.15) is 5.10 Å². The molecule has 0 saturated carbocycles. The average Bonchev–Trinajstić information content (AvgIpc) is 3.39. The lowest BCUT2D eigenvalue weighted by molar-refractivity contribution is 0.0600. The molecule has 4 aromatic rings. The second kappa shape index (κ2) is 8.33. The lowest BCUT2D eigenvalue weighted by Crippen LogP contribution is -2.29. The molecule has 1 aliphatic heterocycles. The molecule has 0 aliphatic carbocycles. The van der Waals surface area contributed by atoms with Crippen LogP contribution in [0.3, 0.4) is 0 Å². The maximum atomic E-state index is 13.6. The van der Waals surface area contributed by atoms with Crippen molar-refractivity contribution in [2.45, 2.75) is 13.0 Å². The Hall–Kier alpha value is -3.71. The average molecular weight is 502 g/mol. The van der Waals surface area contributed by atoms with Crippen molar-refractivity contribution in [3.8, 4) is 11.3 Å². The maximum absolute atomic E-state index is 13.6. The van der Waals surface area contributed by atoms with Gasteiger partial charge in [-0.3, -0.25) is 14.8 Å². The number of benzene rings is 3. The van der Waals surface area contributed by atoms with Gasteiger partial charge in [0, 0.05) is 21.3 Å². The number of halogens is 1. The molecule has 33 heavy (non-hydrogen) atoms. The Labute approximate surface area is 199 Å². The van der Waals surface area contributed by atoms with Crippen molar-refractivity contribution in [1.29, 1.82) is 0 Å². The van der Waals surface area contributed by atoms with E-state index in [9.17, 15) is 9.59 Å². The summed E-state index contributed by atoms with van der Waals surface area (Å²) < 4.78 is 5.79. The monoisotopic (exact) mass is 501 g/mol. The molecule has 164 valence electrons. The largest absolute Gasteiger partial charge is 0.465 e. The molecular weight excluding hydrogens is 482 g/mol. The number of methoxy groups -OCH3 is 1. The normalized spacial score (nSPS) is 14.9. The number of fused-ring (bicyclic) bond motifs is 1. The summed E-state index contributed by atoms with van der Waals surface area (Å²) in [5.41, 5.74) is 6.14. The van der Waals surface area contributed by atoms with Gasteiger partial charge in [0.25, 0.3) is 5.91 Å². The molecule has 1 aliphatic rings. The first-order valence-electron chi connectivity index (χ1n) is 10.4. The number of anilines is 1. The van der Waals surface area contributed by atoms with E-state index in [1.807, 2.05) is 67.6 Å². The van der Waals surface area contributed by atoms with E-state index in [2.05, 4.69) is 26.1 Å². The van der Waals surface area contributed by atoms with E-state index < -0.39 is 12.0 Å². The van der Waals surface area contributed by atoms with Gasteiger partial charge in [-0.25, -0.2) is 4.79 Å². The predicted molar refractivity (Wildman–Crippen MR) is 129 cm³/mol. The summed E-state index contributed by atoms with van der Waals surface area (Å²) in [6.07, 6.45) is 0. The molecule has 1 unspecified atom stereocenters. The predicted octanol–water partition coefficient (Wildman–Crippen LogP) is 5.68. The van der Waals surface area contributed by atoms with E-state index in [0.717, 1.165) is 38.1 Å². The zero-order valence-electron chi connectivity index (χ0n) is 18.0. The Morgan fingerprint density at radius 1 is 1.00 bits per heavy atom. The minimum Gasteiger partial charge on any atom is -0.465 e. The number of hydrogen-bond donors (Lipinski definition) is 1. The fourth-order valence-corrected chi connectivity index (χ4v) is 4.45. The van der Waals surface area contributed by atoms with Gasteiger partial charge in [0.1, 0.15) is 5.69 Å². The summed E-state index contributed by atoms with van der Waals surface area (Å²) in [6.45, 7) is 2.01. The smallest absolute Gasteiger partial charge is 0.337 e. The van der Waals surface area contributed by atoms with Crippen LogP contribution in [0.2, 0.25) is 0 Å². The van der Waals surface area contributed by atoms with E-state index in [0.29, 0.717) is 11.3 Å². The molecule has 7 heteroatoms. The van der Waals surface area contributed by atoms with Gasteiger partial charge in [-0.05, 0) is 48.9 Å². The minimum atomic E-state index is -0.404. The van der Waals surface area contributed by atoms with Crippen molar-refractivity contribution in [2.24, 2.45) is 0 Å². The Balaban J connectivity index is 1.68. The summed E-state index contributed by atoms with van der Waals surface area (Å²) in [5, 5.41) is 7.47. The van der Waals surface area contributed by atoms with Crippen LogP contribution in [0.5, 0.6) is 0 Å². The van der Waals surface area contributed by atoms with Gasteiger partial charge in [0.15, 0.2) is 0 Å². The number of ether oxygens (including phenoxy) is 1. The van der Waals surface area contributed by atoms with Crippen LogP contribution in [0.25, 0.3) is 11.3 Å². The van der Waals surface area contributed by atoms with E-state index in [1.54, 1.807) is 17.0 Å². The molecule has 1 amide bonds. The zero-order chi connectivity index (χ0) is 23.1. The van der Waals surface area contributed by atoms with Crippen LogP contribution in [0.4, 0.5) is 5.69 Å². The molecule has 3 aromatic carbocycles. The highest BCUT2D eigenvalue weighted by atomic mass is 79.9. The second-order valence-corrected chi connectivity index (χ2v) is 8.81. The number of nitrogens with zero attached hydrogens (tertiary/aromatic N) is 2. The van der Waals surface area contributed by atoms with Gasteiger partial charge in [0.05, 0.1) is 24.4 Å². The molecule has 2 heterocycles. The number of aromatic amines is 1. The van der Waals surface area contributed by atoms with Crippen molar-refractivity contribution in [1.82, 2.24) is 10.2 Å². The molecule has 0 bridgehead atoms. The fourth-order valence-electron chi connectivity index (χ4n) is 4.18. The SMILES string of the molecule is COC(=O)c1ccc(C2c3c(-c4ccc(Br)cc4)n[nH]c3C(=O)N2c2ccc(C)cc2)cc1. The van der Waals surface area contributed by atoms with Gasteiger partial charge in [-0.15, -0.1) is 0 Å². The summed E-state index contributed by atoms with van der Waals surface area (Å²) >= 11 is 3.47. The molecule has 0 radical (unpaired) electrons. The van der Waals surface area contributed by atoms with Crippen molar-refractivity contribution >= 4 is 33.5 Å². The van der Waals surface area contributed by atoms with E-state index in [4.69, 9.17) is 4.74 Å². The van der Waals surface area contributed by atoms with Crippen LogP contribution in [-0.4, -0.2) is 29.2 Å². The molecule has 1 aromatic heterocycles. The molecule has 0 fully saturated rings. The fraction of sp³-hybridized carbons (Fsp3) is 0.115. The molecule has 1 atom stereocenters. The number of amides is 1. The third-order valence-electron chi connectivity index (χ3n) is 5.85. The van der Waals surface area contributed by atoms with E-state index >= 15 is 0 Å². The summed E-state index contributed by atoms with van der Waals surface area (Å²) in [5.74, 6) is -0.550. The first-order valence-corrected chi connectivity index (χ1v) is 11.2. The van der Waals surface area contributed by atoms with Crippen LogP contribution in [0, 0.1) is 6.92 Å². The number of aryl methyl sites for hydroxylation is 1. The Morgan fingerprint density at radius 2 is 1.67 bits per heavy atom.